The van der Waals surface area contributed by atoms with Crippen LogP contribution in [0.15, 0.2) is 249 Å². The first-order valence-electron chi connectivity index (χ1n) is 23.5. The molecule has 69 heavy (non-hydrogen) atoms. The van der Waals surface area contributed by atoms with Crippen molar-refractivity contribution in [3.63, 3.8) is 0 Å². The van der Waals surface area contributed by atoms with Crippen molar-refractivity contribution in [3.8, 4) is 62.1 Å². The van der Waals surface area contributed by atoms with Gasteiger partial charge in [0.1, 0.15) is 0 Å². The van der Waals surface area contributed by atoms with Gasteiger partial charge in [-0.05, 0) is 66.7 Å². The average Bonchev–Trinajstić information content (AvgIpc) is 4.06. The summed E-state index contributed by atoms with van der Waals surface area (Å²) in [7, 11) is 0. The summed E-state index contributed by atoms with van der Waals surface area (Å²) in [4.78, 5) is 10.7. The lowest BCUT2D eigenvalue weighted by Crippen LogP contribution is -2.04. The van der Waals surface area contributed by atoms with Gasteiger partial charge in [0.15, 0.2) is 5.82 Å². The van der Waals surface area contributed by atoms with E-state index in [1.807, 2.05) is 6.07 Å². The second-order valence-corrected chi connectivity index (χ2v) is 17.7. The highest BCUT2D eigenvalue weighted by Crippen LogP contribution is 2.46. The molecule has 0 aliphatic carbocycles. The second kappa shape index (κ2) is 15.7. The molecule has 4 aromatic heterocycles. The summed E-state index contributed by atoms with van der Waals surface area (Å²) in [5, 5.41) is 7.28. The van der Waals surface area contributed by atoms with E-state index >= 15 is 0 Å². The van der Waals surface area contributed by atoms with Crippen molar-refractivity contribution in [3.05, 3.63) is 249 Å². The number of fused-ring (bicyclic) bond motifs is 9. The van der Waals surface area contributed by atoms with Gasteiger partial charge in [0.2, 0.25) is 0 Å². The van der Waals surface area contributed by atoms with E-state index in [9.17, 15) is 0 Å². The fourth-order valence-electron chi connectivity index (χ4n) is 10.9. The van der Waals surface area contributed by atoms with Crippen LogP contribution >= 0.6 is 0 Å². The Kier molecular flexibility index (Phi) is 8.83. The van der Waals surface area contributed by atoms with Crippen LogP contribution in [0.5, 0.6) is 0 Å². The molecule has 0 N–H and O–H groups in total. The predicted molar refractivity (Wildman–Crippen MR) is 287 cm³/mol. The van der Waals surface area contributed by atoms with Gasteiger partial charge in [-0.15, -0.1) is 0 Å². The molecule has 4 heterocycles. The summed E-state index contributed by atoms with van der Waals surface area (Å²) in [5.41, 5.74) is 17.0. The molecule has 0 radical (unpaired) electrons. The summed E-state index contributed by atoms with van der Waals surface area (Å²) in [5.74, 6) is 0.674. The average molecular weight is 880 g/mol. The van der Waals surface area contributed by atoms with Gasteiger partial charge in [-0.25, -0.2) is 9.97 Å². The Hall–Kier alpha value is -9.32. The molecule has 10 aromatic carbocycles. The fourth-order valence-corrected chi connectivity index (χ4v) is 10.9. The van der Waals surface area contributed by atoms with Gasteiger partial charge in [0, 0.05) is 65.8 Å². The van der Waals surface area contributed by atoms with Crippen molar-refractivity contribution in [2.24, 2.45) is 0 Å². The molecule has 0 aliphatic heterocycles. The molecule has 0 atom stereocenters. The van der Waals surface area contributed by atoms with Crippen LogP contribution in [-0.4, -0.2) is 23.7 Å². The van der Waals surface area contributed by atoms with E-state index in [4.69, 9.17) is 9.97 Å². The van der Waals surface area contributed by atoms with Gasteiger partial charge in [-0.1, -0.05) is 182 Å². The molecule has 0 fully saturated rings. The number of para-hydroxylation sites is 6. The number of aromatic nitrogens is 5. The molecule has 0 aliphatic rings. The third-order valence-electron chi connectivity index (χ3n) is 13.9. The molecular formula is C64H41N5. The Morgan fingerprint density at radius 2 is 0.681 bits per heavy atom. The normalized spacial score (nSPS) is 11.8. The minimum Gasteiger partial charge on any atom is -0.309 e. The molecule has 0 bridgehead atoms. The van der Waals surface area contributed by atoms with E-state index in [2.05, 4.69) is 256 Å². The maximum Gasteiger partial charge on any atom is 0.160 e. The molecule has 14 rings (SSSR count). The lowest BCUT2D eigenvalue weighted by Gasteiger charge is -2.22. The summed E-state index contributed by atoms with van der Waals surface area (Å²) < 4.78 is 7.32. The lowest BCUT2D eigenvalue weighted by molar-refractivity contribution is 1.15. The summed E-state index contributed by atoms with van der Waals surface area (Å²) >= 11 is 0. The molecular weight excluding hydrogens is 839 g/mol. The highest BCUT2D eigenvalue weighted by atomic mass is 15.0. The van der Waals surface area contributed by atoms with Gasteiger partial charge in [0.05, 0.1) is 55.9 Å². The third kappa shape index (κ3) is 6.11. The Labute approximate surface area is 398 Å². The lowest BCUT2D eigenvalue weighted by atomic mass is 9.93. The first-order chi connectivity index (χ1) is 34.3. The molecule has 0 amide bonds. The topological polar surface area (TPSA) is 40.6 Å². The first kappa shape index (κ1) is 38.9. The number of hydrogen-bond acceptors (Lipinski definition) is 2. The zero-order chi connectivity index (χ0) is 45.4. The molecule has 5 nitrogen and oxygen atoms in total. The smallest absolute Gasteiger partial charge is 0.160 e. The van der Waals surface area contributed by atoms with Crippen LogP contribution in [0, 0.1) is 0 Å². The summed E-state index contributed by atoms with van der Waals surface area (Å²) in [6.07, 6.45) is 0. The van der Waals surface area contributed by atoms with Crippen molar-refractivity contribution in [2.75, 3.05) is 0 Å². The van der Waals surface area contributed by atoms with E-state index in [1.165, 1.54) is 43.4 Å². The molecule has 0 saturated carbocycles. The second-order valence-electron chi connectivity index (χ2n) is 17.7. The molecule has 0 spiro atoms. The Morgan fingerprint density at radius 1 is 0.261 bits per heavy atom. The molecule has 322 valence electrons. The molecule has 14 aromatic rings. The predicted octanol–water partition coefficient (Wildman–Crippen LogP) is 16.4. The van der Waals surface area contributed by atoms with Gasteiger partial charge in [0.25, 0.3) is 0 Å². The van der Waals surface area contributed by atoms with Gasteiger partial charge < -0.3 is 13.7 Å². The molecule has 0 unspecified atom stereocenters. The number of rotatable bonds is 7. The monoisotopic (exact) mass is 879 g/mol. The van der Waals surface area contributed by atoms with Gasteiger partial charge in [-0.2, -0.15) is 0 Å². The van der Waals surface area contributed by atoms with E-state index in [0.717, 1.165) is 78.3 Å². The highest BCUT2D eigenvalue weighted by Gasteiger charge is 2.25. The van der Waals surface area contributed by atoms with Gasteiger partial charge >= 0.3 is 0 Å². The molecule has 0 saturated heterocycles. The number of benzene rings is 10. The van der Waals surface area contributed by atoms with Crippen LogP contribution in [0.2, 0.25) is 0 Å². The summed E-state index contributed by atoms with van der Waals surface area (Å²) in [6, 6.07) is 89.3. The van der Waals surface area contributed by atoms with Crippen molar-refractivity contribution in [1.29, 1.82) is 0 Å². The number of hydrogen-bond donors (Lipinski definition) is 0. The van der Waals surface area contributed by atoms with E-state index in [-0.39, 0.29) is 0 Å². The van der Waals surface area contributed by atoms with Crippen molar-refractivity contribution in [2.45, 2.75) is 0 Å². The van der Waals surface area contributed by atoms with Crippen molar-refractivity contribution >= 4 is 65.4 Å². The highest BCUT2D eigenvalue weighted by molar-refractivity contribution is 6.14. The maximum absolute atomic E-state index is 5.48. The van der Waals surface area contributed by atoms with Crippen LogP contribution in [0.3, 0.4) is 0 Å². The minimum absolute atomic E-state index is 0.674. The van der Waals surface area contributed by atoms with E-state index in [0.29, 0.717) is 5.82 Å². The van der Waals surface area contributed by atoms with Crippen LogP contribution in [0.25, 0.3) is 128 Å². The largest absolute Gasteiger partial charge is 0.309 e. The standard InChI is InChI=1S/C64H41N5/c1-3-20-42(21-4-1)53-41-54(66-64(65-53)43-22-5-2-6-23-43)50-30-19-37-62(63(50)51-29-12-18-36-60(51)68-57-33-15-9-26-47(57)48-27-10-16-34-58(48)68)69-59-35-17-11-28-49(59)52-40-44(38-39-61(52)69)67-55-31-13-7-24-45(55)46-25-8-14-32-56(46)67/h1-41H. The maximum atomic E-state index is 5.48. The zero-order valence-corrected chi connectivity index (χ0v) is 37.4. The number of nitrogens with zero attached hydrogens (tertiary/aromatic N) is 5. The Balaban J connectivity index is 1.09. The Bertz CT molecular complexity index is 4140. The van der Waals surface area contributed by atoms with Crippen LogP contribution in [0.1, 0.15) is 0 Å². The Morgan fingerprint density at radius 3 is 1.28 bits per heavy atom. The zero-order valence-electron chi connectivity index (χ0n) is 37.4. The first-order valence-corrected chi connectivity index (χ1v) is 23.5. The quantitative estimate of drug-likeness (QED) is 0.160. The molecule has 5 heteroatoms. The third-order valence-corrected chi connectivity index (χ3v) is 13.9. The van der Waals surface area contributed by atoms with Crippen LogP contribution in [0.4, 0.5) is 0 Å². The van der Waals surface area contributed by atoms with Gasteiger partial charge in [-0.3, -0.25) is 0 Å². The van der Waals surface area contributed by atoms with Crippen molar-refractivity contribution in [1.82, 2.24) is 23.7 Å². The summed E-state index contributed by atoms with van der Waals surface area (Å²) in [6.45, 7) is 0. The van der Waals surface area contributed by atoms with E-state index in [1.54, 1.807) is 0 Å². The van der Waals surface area contributed by atoms with Crippen LogP contribution < -0.4 is 0 Å². The SMILES string of the molecule is c1ccc(-c2cc(-c3cccc(-n4c5ccccc5c5cc(-n6c7ccccc7c7ccccc76)ccc54)c3-c3ccccc3-n3c4ccccc4c4ccccc43)nc(-c3ccccc3)n2)cc1. The van der Waals surface area contributed by atoms with Crippen LogP contribution in [-0.2, 0) is 0 Å². The fraction of sp³-hybridized carbons (Fsp3) is 0. The van der Waals surface area contributed by atoms with E-state index < -0.39 is 0 Å². The van der Waals surface area contributed by atoms with Crippen molar-refractivity contribution < 1.29 is 0 Å². The minimum atomic E-state index is 0.674.